The average molecular weight is 206 g/mol. The molecule has 0 saturated carbocycles. The molecule has 0 unspecified atom stereocenters. The standard InChI is InChI=1S/C10H22S2/c1-3-4-5-6-7-10(2,8-11)9-12/h11-12H,3-9H2,1-2H3. The van der Waals surface area contributed by atoms with Gasteiger partial charge in [-0.1, -0.05) is 39.5 Å². The van der Waals surface area contributed by atoms with Crippen molar-refractivity contribution in [2.24, 2.45) is 5.41 Å². The van der Waals surface area contributed by atoms with Gasteiger partial charge >= 0.3 is 0 Å². The van der Waals surface area contributed by atoms with Gasteiger partial charge in [-0.2, -0.15) is 25.3 Å². The van der Waals surface area contributed by atoms with E-state index in [1.165, 1.54) is 32.1 Å². The summed E-state index contributed by atoms with van der Waals surface area (Å²) in [6.45, 7) is 4.52. The van der Waals surface area contributed by atoms with E-state index >= 15 is 0 Å². The minimum absolute atomic E-state index is 0.361. The van der Waals surface area contributed by atoms with Crippen LogP contribution in [0.1, 0.15) is 46.0 Å². The molecule has 0 aromatic rings. The minimum atomic E-state index is 0.361. The van der Waals surface area contributed by atoms with E-state index < -0.39 is 0 Å². The highest BCUT2D eigenvalue weighted by Gasteiger charge is 2.19. The lowest BCUT2D eigenvalue weighted by Gasteiger charge is -2.25. The summed E-state index contributed by atoms with van der Waals surface area (Å²) in [5, 5.41) is 0. The van der Waals surface area contributed by atoms with Gasteiger partial charge in [-0.05, 0) is 23.3 Å². The smallest absolute Gasteiger partial charge is 0.00360 e. The molecule has 0 aromatic carbocycles. The first-order valence-corrected chi connectivity index (χ1v) is 6.17. The third-order valence-corrected chi connectivity index (χ3v) is 3.92. The molecule has 0 heterocycles. The van der Waals surface area contributed by atoms with Crippen LogP contribution in [-0.2, 0) is 0 Å². The van der Waals surface area contributed by atoms with Crippen LogP contribution < -0.4 is 0 Å². The molecule has 0 aromatic heterocycles. The number of hydrogen-bond acceptors (Lipinski definition) is 2. The molecule has 0 bridgehead atoms. The van der Waals surface area contributed by atoms with Gasteiger partial charge in [-0.15, -0.1) is 0 Å². The number of thiol groups is 2. The topological polar surface area (TPSA) is 0 Å². The van der Waals surface area contributed by atoms with Crippen LogP contribution in [0.5, 0.6) is 0 Å². The highest BCUT2D eigenvalue weighted by atomic mass is 32.1. The second-order valence-corrected chi connectivity index (χ2v) is 4.57. The maximum absolute atomic E-state index is 4.36. The monoisotopic (exact) mass is 206 g/mol. The van der Waals surface area contributed by atoms with Crippen molar-refractivity contribution >= 4 is 25.3 Å². The summed E-state index contributed by atoms with van der Waals surface area (Å²) in [5.41, 5.74) is 0.361. The lowest BCUT2D eigenvalue weighted by atomic mass is 9.89. The van der Waals surface area contributed by atoms with E-state index in [0.717, 1.165) is 11.5 Å². The van der Waals surface area contributed by atoms with Crippen LogP contribution in [0.2, 0.25) is 0 Å². The largest absolute Gasteiger partial charge is 0.179 e. The number of hydrogen-bond donors (Lipinski definition) is 2. The fraction of sp³-hybridized carbons (Fsp3) is 1.00. The molecule has 12 heavy (non-hydrogen) atoms. The second-order valence-electron chi connectivity index (χ2n) is 3.94. The summed E-state index contributed by atoms with van der Waals surface area (Å²) in [7, 11) is 0. The number of rotatable bonds is 7. The first-order valence-electron chi connectivity index (χ1n) is 4.90. The maximum Gasteiger partial charge on any atom is -0.00360 e. The van der Waals surface area contributed by atoms with Crippen molar-refractivity contribution in [2.45, 2.75) is 46.0 Å². The van der Waals surface area contributed by atoms with E-state index in [0.29, 0.717) is 5.41 Å². The predicted molar refractivity (Wildman–Crippen MR) is 64.6 cm³/mol. The summed E-state index contributed by atoms with van der Waals surface area (Å²) in [4.78, 5) is 0. The molecule has 0 rings (SSSR count). The van der Waals surface area contributed by atoms with Gasteiger partial charge in [0.2, 0.25) is 0 Å². The van der Waals surface area contributed by atoms with Crippen molar-refractivity contribution in [2.75, 3.05) is 11.5 Å². The van der Waals surface area contributed by atoms with Crippen LogP contribution in [0.3, 0.4) is 0 Å². The summed E-state index contributed by atoms with van der Waals surface area (Å²) < 4.78 is 0. The molecule has 0 saturated heterocycles. The van der Waals surface area contributed by atoms with Gasteiger partial charge in [0.15, 0.2) is 0 Å². The zero-order valence-electron chi connectivity index (χ0n) is 8.34. The van der Waals surface area contributed by atoms with Crippen LogP contribution in [0.15, 0.2) is 0 Å². The predicted octanol–water partition coefficient (Wildman–Crippen LogP) is 3.82. The first-order chi connectivity index (χ1) is 5.68. The summed E-state index contributed by atoms with van der Waals surface area (Å²) in [6.07, 6.45) is 6.67. The molecule has 0 aliphatic rings. The molecule has 0 nitrogen and oxygen atoms in total. The van der Waals surface area contributed by atoms with Crippen LogP contribution in [-0.4, -0.2) is 11.5 Å². The third kappa shape index (κ3) is 5.36. The molecule has 0 aliphatic carbocycles. The third-order valence-electron chi connectivity index (χ3n) is 2.40. The average Bonchev–Trinajstić information content (AvgIpc) is 2.12. The Morgan fingerprint density at radius 1 is 1.00 bits per heavy atom. The fourth-order valence-electron chi connectivity index (χ4n) is 1.19. The van der Waals surface area contributed by atoms with Gasteiger partial charge in [-0.3, -0.25) is 0 Å². The Morgan fingerprint density at radius 2 is 1.58 bits per heavy atom. The Labute approximate surface area is 88.3 Å². The summed E-state index contributed by atoms with van der Waals surface area (Å²) in [5.74, 6) is 1.92. The molecule has 0 atom stereocenters. The van der Waals surface area contributed by atoms with Crippen molar-refractivity contribution < 1.29 is 0 Å². The molecule has 0 aliphatic heterocycles. The fourth-order valence-corrected chi connectivity index (χ4v) is 1.90. The van der Waals surface area contributed by atoms with E-state index in [9.17, 15) is 0 Å². The van der Waals surface area contributed by atoms with Crippen LogP contribution >= 0.6 is 25.3 Å². The van der Waals surface area contributed by atoms with Crippen molar-refractivity contribution in [3.63, 3.8) is 0 Å². The Bertz CT molecular complexity index is 98.0. The van der Waals surface area contributed by atoms with E-state index in [1.54, 1.807) is 0 Å². The molecule has 2 heteroatoms. The Hall–Kier alpha value is 0.700. The van der Waals surface area contributed by atoms with E-state index in [2.05, 4.69) is 39.1 Å². The molecular weight excluding hydrogens is 184 g/mol. The summed E-state index contributed by atoms with van der Waals surface area (Å²) >= 11 is 8.71. The lowest BCUT2D eigenvalue weighted by molar-refractivity contribution is 0.376. The van der Waals surface area contributed by atoms with E-state index in [4.69, 9.17) is 0 Å². The molecular formula is C10H22S2. The van der Waals surface area contributed by atoms with Crippen molar-refractivity contribution in [1.29, 1.82) is 0 Å². The minimum Gasteiger partial charge on any atom is -0.179 e. The molecule has 74 valence electrons. The SMILES string of the molecule is CCCCCCC(C)(CS)CS. The Kier molecular flexibility index (Phi) is 7.55. The molecule has 0 amide bonds. The Balaban J connectivity index is 3.45. The highest BCUT2D eigenvalue weighted by molar-refractivity contribution is 7.81. The van der Waals surface area contributed by atoms with Gasteiger partial charge in [-0.25, -0.2) is 0 Å². The molecule has 0 spiro atoms. The van der Waals surface area contributed by atoms with Crippen molar-refractivity contribution in [3.05, 3.63) is 0 Å². The van der Waals surface area contributed by atoms with Crippen LogP contribution in [0.25, 0.3) is 0 Å². The zero-order chi connectivity index (χ0) is 9.45. The van der Waals surface area contributed by atoms with Crippen molar-refractivity contribution in [1.82, 2.24) is 0 Å². The van der Waals surface area contributed by atoms with Crippen LogP contribution in [0, 0.1) is 5.41 Å². The summed E-state index contributed by atoms with van der Waals surface area (Å²) in [6, 6.07) is 0. The molecule has 0 N–H and O–H groups in total. The molecule has 0 radical (unpaired) electrons. The van der Waals surface area contributed by atoms with Gasteiger partial charge in [0.25, 0.3) is 0 Å². The Morgan fingerprint density at radius 3 is 2.00 bits per heavy atom. The normalized spacial score (nSPS) is 12.0. The van der Waals surface area contributed by atoms with Gasteiger partial charge < -0.3 is 0 Å². The molecule has 0 fully saturated rings. The van der Waals surface area contributed by atoms with Gasteiger partial charge in [0, 0.05) is 0 Å². The first kappa shape index (κ1) is 12.7. The van der Waals surface area contributed by atoms with Gasteiger partial charge in [0.05, 0.1) is 0 Å². The van der Waals surface area contributed by atoms with Crippen LogP contribution in [0.4, 0.5) is 0 Å². The second kappa shape index (κ2) is 7.14. The van der Waals surface area contributed by atoms with Gasteiger partial charge in [0.1, 0.15) is 0 Å². The van der Waals surface area contributed by atoms with E-state index in [1.807, 2.05) is 0 Å². The highest BCUT2D eigenvalue weighted by Crippen LogP contribution is 2.27. The van der Waals surface area contributed by atoms with Crippen molar-refractivity contribution in [3.8, 4) is 0 Å². The zero-order valence-corrected chi connectivity index (χ0v) is 10.1. The van der Waals surface area contributed by atoms with E-state index in [-0.39, 0.29) is 0 Å². The number of unbranched alkanes of at least 4 members (excludes halogenated alkanes) is 3. The lowest BCUT2D eigenvalue weighted by Crippen LogP contribution is -2.20. The maximum atomic E-state index is 4.36. The quantitative estimate of drug-likeness (QED) is 0.459.